The van der Waals surface area contributed by atoms with E-state index >= 15 is 0 Å². The van der Waals surface area contributed by atoms with E-state index in [9.17, 15) is 9.90 Å². The maximum Gasteiger partial charge on any atom is 0.294 e. The van der Waals surface area contributed by atoms with Gasteiger partial charge in [-0.05, 0) is 25.1 Å². The maximum absolute atomic E-state index is 11.9. The zero-order valence-electron chi connectivity index (χ0n) is 11.2. The molecule has 1 amide bonds. The van der Waals surface area contributed by atoms with Crippen molar-refractivity contribution in [3.05, 3.63) is 35.8 Å². The summed E-state index contributed by atoms with van der Waals surface area (Å²) in [6.45, 7) is 3.00. The van der Waals surface area contributed by atoms with Crippen LogP contribution in [0.2, 0.25) is 0 Å². The standard InChI is InChI=1S/C14H17NO5/c1-2-19-12-4-3-11(7-10(12)8-16)15-14(17)13-9-18-5-6-20-13/h3-4,7,9,16H,2,5-6,8H2,1H3,(H,15,17). The summed E-state index contributed by atoms with van der Waals surface area (Å²) in [5.74, 6) is 0.345. The third-order valence-corrected chi connectivity index (χ3v) is 2.66. The molecule has 108 valence electrons. The van der Waals surface area contributed by atoms with Crippen LogP contribution >= 0.6 is 0 Å². The molecule has 1 aromatic carbocycles. The Morgan fingerprint density at radius 2 is 2.30 bits per heavy atom. The molecule has 0 saturated carbocycles. The number of nitrogens with one attached hydrogen (secondary N) is 1. The predicted molar refractivity (Wildman–Crippen MR) is 72.2 cm³/mol. The van der Waals surface area contributed by atoms with E-state index in [-0.39, 0.29) is 12.4 Å². The highest BCUT2D eigenvalue weighted by Gasteiger charge is 2.15. The Hall–Kier alpha value is -2.21. The monoisotopic (exact) mass is 279 g/mol. The molecule has 0 radical (unpaired) electrons. The highest BCUT2D eigenvalue weighted by Crippen LogP contribution is 2.23. The fraction of sp³-hybridized carbons (Fsp3) is 0.357. The first-order valence-electron chi connectivity index (χ1n) is 6.37. The Morgan fingerprint density at radius 3 is 2.95 bits per heavy atom. The minimum absolute atomic E-state index is 0.135. The van der Waals surface area contributed by atoms with Crippen molar-refractivity contribution in [1.82, 2.24) is 0 Å². The SMILES string of the molecule is CCOc1ccc(NC(=O)C2=COCCO2)cc1CO. The van der Waals surface area contributed by atoms with E-state index in [4.69, 9.17) is 14.2 Å². The van der Waals surface area contributed by atoms with E-state index in [0.29, 0.717) is 36.8 Å². The average molecular weight is 279 g/mol. The van der Waals surface area contributed by atoms with Gasteiger partial charge in [-0.25, -0.2) is 0 Å². The number of hydrogen-bond donors (Lipinski definition) is 2. The summed E-state index contributed by atoms with van der Waals surface area (Å²) in [7, 11) is 0. The van der Waals surface area contributed by atoms with Gasteiger partial charge in [0.15, 0.2) is 0 Å². The van der Waals surface area contributed by atoms with Gasteiger partial charge in [0, 0.05) is 11.3 Å². The minimum atomic E-state index is -0.391. The zero-order valence-corrected chi connectivity index (χ0v) is 11.2. The second-order valence-electron chi connectivity index (χ2n) is 4.07. The molecule has 0 spiro atoms. The largest absolute Gasteiger partial charge is 0.494 e. The van der Waals surface area contributed by atoms with Crippen molar-refractivity contribution in [1.29, 1.82) is 0 Å². The molecule has 0 bridgehead atoms. The quantitative estimate of drug-likeness (QED) is 0.852. The molecule has 1 aliphatic rings. The van der Waals surface area contributed by atoms with Crippen LogP contribution in [0.4, 0.5) is 5.69 Å². The Labute approximate surface area is 117 Å². The van der Waals surface area contributed by atoms with E-state index in [2.05, 4.69) is 5.32 Å². The molecule has 0 atom stereocenters. The van der Waals surface area contributed by atoms with Gasteiger partial charge < -0.3 is 24.6 Å². The van der Waals surface area contributed by atoms with Crippen LogP contribution < -0.4 is 10.1 Å². The van der Waals surface area contributed by atoms with E-state index in [1.807, 2.05) is 6.92 Å². The highest BCUT2D eigenvalue weighted by atomic mass is 16.6. The summed E-state index contributed by atoms with van der Waals surface area (Å²) in [6, 6.07) is 5.07. The molecule has 0 aliphatic carbocycles. The molecule has 0 unspecified atom stereocenters. The van der Waals surface area contributed by atoms with E-state index in [1.165, 1.54) is 6.26 Å². The van der Waals surface area contributed by atoms with Crippen molar-refractivity contribution in [2.24, 2.45) is 0 Å². The lowest BCUT2D eigenvalue weighted by Crippen LogP contribution is -2.21. The van der Waals surface area contributed by atoms with E-state index < -0.39 is 5.91 Å². The van der Waals surface area contributed by atoms with Gasteiger partial charge >= 0.3 is 0 Å². The molecule has 0 saturated heterocycles. The van der Waals surface area contributed by atoms with Crippen LogP contribution in [0, 0.1) is 0 Å². The minimum Gasteiger partial charge on any atom is -0.494 e. The number of rotatable bonds is 5. The molecule has 6 heteroatoms. The summed E-state index contributed by atoms with van der Waals surface area (Å²) >= 11 is 0. The van der Waals surface area contributed by atoms with Crippen LogP contribution in [0.5, 0.6) is 5.75 Å². The van der Waals surface area contributed by atoms with Crippen molar-refractivity contribution in [3.8, 4) is 5.75 Å². The van der Waals surface area contributed by atoms with Gasteiger partial charge in [-0.3, -0.25) is 4.79 Å². The summed E-state index contributed by atoms with van der Waals surface area (Å²) in [4.78, 5) is 11.9. The second-order valence-corrected chi connectivity index (χ2v) is 4.07. The Kier molecular flexibility index (Phi) is 4.84. The molecule has 6 nitrogen and oxygen atoms in total. The summed E-state index contributed by atoms with van der Waals surface area (Å²) in [5.41, 5.74) is 1.16. The third-order valence-electron chi connectivity index (χ3n) is 2.66. The van der Waals surface area contributed by atoms with Gasteiger partial charge in [-0.15, -0.1) is 0 Å². The molecule has 1 aromatic rings. The first-order chi connectivity index (χ1) is 9.74. The molecular formula is C14H17NO5. The third kappa shape index (κ3) is 3.42. The number of aliphatic hydroxyl groups is 1. The van der Waals surface area contributed by atoms with Gasteiger partial charge in [0.1, 0.15) is 25.2 Å². The van der Waals surface area contributed by atoms with Gasteiger partial charge in [-0.2, -0.15) is 0 Å². The lowest BCUT2D eigenvalue weighted by Gasteiger charge is -2.16. The number of anilines is 1. The van der Waals surface area contributed by atoms with Crippen LogP contribution in [0.3, 0.4) is 0 Å². The lowest BCUT2D eigenvalue weighted by atomic mass is 10.2. The van der Waals surface area contributed by atoms with Gasteiger partial charge in [0.2, 0.25) is 5.76 Å². The van der Waals surface area contributed by atoms with Gasteiger partial charge in [0.05, 0.1) is 13.2 Å². The van der Waals surface area contributed by atoms with Crippen LogP contribution in [0.25, 0.3) is 0 Å². The van der Waals surface area contributed by atoms with Gasteiger partial charge in [0.25, 0.3) is 5.91 Å². The molecule has 2 rings (SSSR count). The van der Waals surface area contributed by atoms with Crippen molar-refractivity contribution in [3.63, 3.8) is 0 Å². The Bertz CT molecular complexity index is 512. The first-order valence-corrected chi connectivity index (χ1v) is 6.37. The van der Waals surface area contributed by atoms with Crippen molar-refractivity contribution in [2.45, 2.75) is 13.5 Å². The average Bonchev–Trinajstić information content (AvgIpc) is 2.50. The number of carbonyl (C=O) groups excluding carboxylic acids is 1. The predicted octanol–water partition coefficient (Wildman–Crippen LogP) is 1.40. The molecule has 1 heterocycles. The number of ether oxygens (including phenoxy) is 3. The maximum atomic E-state index is 11.9. The zero-order chi connectivity index (χ0) is 14.4. The summed E-state index contributed by atoms with van der Waals surface area (Å²) < 4.78 is 15.6. The molecular weight excluding hydrogens is 262 g/mol. The summed E-state index contributed by atoms with van der Waals surface area (Å²) in [6.07, 6.45) is 1.29. The fourth-order valence-corrected chi connectivity index (χ4v) is 1.76. The Balaban J connectivity index is 2.09. The van der Waals surface area contributed by atoms with Crippen LogP contribution in [-0.4, -0.2) is 30.8 Å². The van der Waals surface area contributed by atoms with Crippen LogP contribution in [0.15, 0.2) is 30.2 Å². The van der Waals surface area contributed by atoms with Crippen molar-refractivity contribution >= 4 is 11.6 Å². The number of hydrogen-bond acceptors (Lipinski definition) is 5. The number of benzene rings is 1. The first kappa shape index (κ1) is 14.2. The highest BCUT2D eigenvalue weighted by molar-refractivity contribution is 6.02. The second kappa shape index (κ2) is 6.81. The molecule has 0 fully saturated rings. The smallest absolute Gasteiger partial charge is 0.294 e. The normalized spacial score (nSPS) is 13.8. The van der Waals surface area contributed by atoms with Crippen LogP contribution in [-0.2, 0) is 20.9 Å². The number of aliphatic hydroxyl groups excluding tert-OH is 1. The molecule has 0 aromatic heterocycles. The van der Waals surface area contributed by atoms with Crippen molar-refractivity contribution in [2.75, 3.05) is 25.1 Å². The van der Waals surface area contributed by atoms with Crippen molar-refractivity contribution < 1.29 is 24.1 Å². The number of carbonyl (C=O) groups is 1. The van der Waals surface area contributed by atoms with E-state index in [1.54, 1.807) is 18.2 Å². The van der Waals surface area contributed by atoms with Gasteiger partial charge in [-0.1, -0.05) is 0 Å². The number of amides is 1. The molecule has 20 heavy (non-hydrogen) atoms. The fourth-order valence-electron chi connectivity index (χ4n) is 1.76. The van der Waals surface area contributed by atoms with E-state index in [0.717, 1.165) is 0 Å². The molecule has 2 N–H and O–H groups in total. The molecule has 1 aliphatic heterocycles. The van der Waals surface area contributed by atoms with Crippen LogP contribution in [0.1, 0.15) is 12.5 Å². The Morgan fingerprint density at radius 1 is 1.45 bits per heavy atom. The lowest BCUT2D eigenvalue weighted by molar-refractivity contribution is -0.117. The summed E-state index contributed by atoms with van der Waals surface area (Å²) in [5, 5.41) is 12.0. The topological polar surface area (TPSA) is 77.0 Å².